The lowest BCUT2D eigenvalue weighted by Crippen LogP contribution is -2.56. The second kappa shape index (κ2) is 10.0. The number of carbonyl (C=O) groups excluding carboxylic acids is 2. The molecule has 2 aromatic rings. The van der Waals surface area contributed by atoms with Crippen molar-refractivity contribution in [2.24, 2.45) is 5.92 Å². The molecule has 8 heteroatoms. The maximum Gasteiger partial charge on any atom is 0.324 e. The number of aliphatic hydroxyl groups excluding tert-OH is 1. The monoisotopic (exact) mass is 512 g/mol. The van der Waals surface area contributed by atoms with Crippen LogP contribution in [0.2, 0.25) is 0 Å². The summed E-state index contributed by atoms with van der Waals surface area (Å²) in [7, 11) is 1.34. The molecular formula is C29H34F2N2O4. The van der Waals surface area contributed by atoms with E-state index in [4.69, 9.17) is 4.74 Å². The van der Waals surface area contributed by atoms with Crippen molar-refractivity contribution in [1.82, 2.24) is 4.90 Å². The SMILES string of the molecule is COC(=O)[C@@]1(c2ccc(F)cc2)CCN(C(=O)N2CC(C3CCC(O)CC3)c3ccc(F)cc32)[C@@H](C)C1. The minimum Gasteiger partial charge on any atom is -0.468 e. The number of halogens is 2. The van der Waals surface area contributed by atoms with Crippen LogP contribution in [-0.4, -0.2) is 54.4 Å². The molecule has 1 N–H and O–H groups in total. The van der Waals surface area contributed by atoms with Crippen molar-refractivity contribution in [3.8, 4) is 0 Å². The van der Waals surface area contributed by atoms with E-state index in [9.17, 15) is 23.5 Å². The van der Waals surface area contributed by atoms with Crippen LogP contribution in [0.25, 0.3) is 0 Å². The number of piperidine rings is 1. The van der Waals surface area contributed by atoms with Gasteiger partial charge in [-0.2, -0.15) is 0 Å². The summed E-state index contributed by atoms with van der Waals surface area (Å²) in [5.74, 6) is -0.739. The molecule has 3 atom stereocenters. The average molecular weight is 513 g/mol. The number of anilines is 1. The Morgan fingerprint density at radius 2 is 1.70 bits per heavy atom. The van der Waals surface area contributed by atoms with Crippen LogP contribution in [-0.2, 0) is 14.9 Å². The van der Waals surface area contributed by atoms with Crippen molar-refractivity contribution >= 4 is 17.7 Å². The lowest BCUT2D eigenvalue weighted by molar-refractivity contribution is -0.150. The van der Waals surface area contributed by atoms with Gasteiger partial charge in [-0.15, -0.1) is 0 Å². The Labute approximate surface area is 216 Å². The molecule has 2 aliphatic heterocycles. The number of esters is 1. The quantitative estimate of drug-likeness (QED) is 0.579. The van der Waals surface area contributed by atoms with E-state index in [2.05, 4.69) is 0 Å². The fourth-order valence-electron chi connectivity index (χ4n) is 6.76. The predicted octanol–water partition coefficient (Wildman–Crippen LogP) is 5.13. The number of hydrogen-bond acceptors (Lipinski definition) is 4. The molecule has 2 heterocycles. The number of carbonyl (C=O) groups is 2. The van der Waals surface area contributed by atoms with Gasteiger partial charge in [0.05, 0.1) is 24.3 Å². The molecule has 0 spiro atoms. The Kier molecular flexibility index (Phi) is 6.96. The van der Waals surface area contributed by atoms with E-state index in [1.165, 1.54) is 31.4 Å². The van der Waals surface area contributed by atoms with Crippen LogP contribution >= 0.6 is 0 Å². The minimum absolute atomic E-state index is 0.0977. The molecule has 2 aromatic carbocycles. The molecule has 0 aromatic heterocycles. The van der Waals surface area contributed by atoms with Crippen LogP contribution in [0.3, 0.4) is 0 Å². The lowest BCUT2D eigenvalue weighted by Gasteiger charge is -2.45. The molecule has 1 unspecified atom stereocenters. The molecule has 198 valence electrons. The van der Waals surface area contributed by atoms with E-state index in [0.29, 0.717) is 43.1 Å². The number of benzene rings is 2. The Balaban J connectivity index is 1.39. The highest BCUT2D eigenvalue weighted by Crippen LogP contribution is 2.47. The summed E-state index contributed by atoms with van der Waals surface area (Å²) >= 11 is 0. The number of amides is 2. The Hall–Kier alpha value is -3.00. The molecule has 6 nitrogen and oxygen atoms in total. The van der Waals surface area contributed by atoms with Gasteiger partial charge in [-0.1, -0.05) is 18.2 Å². The molecule has 1 aliphatic carbocycles. The largest absolute Gasteiger partial charge is 0.468 e. The number of methoxy groups -OCH3 is 1. The first-order valence-corrected chi connectivity index (χ1v) is 13.1. The molecule has 5 rings (SSSR count). The second-order valence-electron chi connectivity index (χ2n) is 10.8. The van der Waals surface area contributed by atoms with Gasteiger partial charge in [0.25, 0.3) is 0 Å². The molecular weight excluding hydrogens is 478 g/mol. The Morgan fingerprint density at radius 3 is 2.35 bits per heavy atom. The van der Waals surface area contributed by atoms with Gasteiger partial charge in [0, 0.05) is 25.0 Å². The highest BCUT2D eigenvalue weighted by Gasteiger charge is 2.49. The number of aliphatic hydroxyl groups is 1. The number of rotatable bonds is 3. The zero-order chi connectivity index (χ0) is 26.3. The third kappa shape index (κ3) is 4.60. The van der Waals surface area contributed by atoms with E-state index in [1.807, 2.05) is 6.92 Å². The molecule has 37 heavy (non-hydrogen) atoms. The van der Waals surface area contributed by atoms with Gasteiger partial charge in [0.15, 0.2) is 0 Å². The zero-order valence-corrected chi connectivity index (χ0v) is 21.3. The molecule has 1 saturated heterocycles. The van der Waals surface area contributed by atoms with Gasteiger partial charge in [-0.25, -0.2) is 13.6 Å². The highest BCUT2D eigenvalue weighted by molar-refractivity contribution is 5.95. The average Bonchev–Trinajstić information content (AvgIpc) is 3.27. The number of ether oxygens (including phenoxy) is 1. The van der Waals surface area contributed by atoms with Gasteiger partial charge in [0.2, 0.25) is 0 Å². The standard InChI is InChI=1S/C29H34F2N2O4/c1-18-16-29(27(35)37-2,20-5-7-21(30)8-6-20)13-14-32(18)28(36)33-17-25(19-3-10-23(34)11-4-19)24-12-9-22(31)15-26(24)33/h5-9,12,15,18-19,23,25,34H,3-4,10-11,13-14,16-17H2,1-2H3/t18-,19?,23?,25?,29-/m0/s1. The van der Waals surface area contributed by atoms with Crippen molar-refractivity contribution in [2.45, 2.75) is 68.9 Å². The number of nitrogens with zero attached hydrogens (tertiary/aromatic N) is 2. The van der Waals surface area contributed by atoms with Crippen LogP contribution < -0.4 is 4.90 Å². The van der Waals surface area contributed by atoms with E-state index < -0.39 is 11.4 Å². The Bertz CT molecular complexity index is 1160. The third-order valence-corrected chi connectivity index (χ3v) is 8.78. The first-order valence-electron chi connectivity index (χ1n) is 13.1. The summed E-state index contributed by atoms with van der Waals surface area (Å²) in [5.41, 5.74) is 1.29. The minimum atomic E-state index is -0.973. The predicted molar refractivity (Wildman–Crippen MR) is 135 cm³/mol. The molecule has 2 amide bonds. The summed E-state index contributed by atoms with van der Waals surface area (Å²) < 4.78 is 33.1. The van der Waals surface area contributed by atoms with Crippen molar-refractivity contribution in [1.29, 1.82) is 0 Å². The molecule has 2 fully saturated rings. The molecule has 3 aliphatic rings. The summed E-state index contributed by atoms with van der Waals surface area (Å²) in [4.78, 5) is 30.4. The fraction of sp³-hybridized carbons (Fsp3) is 0.517. The van der Waals surface area contributed by atoms with Crippen LogP contribution in [0.4, 0.5) is 19.3 Å². The van der Waals surface area contributed by atoms with Crippen molar-refractivity contribution in [3.05, 3.63) is 65.2 Å². The van der Waals surface area contributed by atoms with Gasteiger partial charge in [-0.05, 0) is 86.8 Å². The Morgan fingerprint density at radius 1 is 1.03 bits per heavy atom. The summed E-state index contributed by atoms with van der Waals surface area (Å²) in [6, 6.07) is 10.1. The van der Waals surface area contributed by atoms with Crippen LogP contribution in [0.5, 0.6) is 0 Å². The van der Waals surface area contributed by atoms with Crippen molar-refractivity contribution < 1.29 is 28.2 Å². The summed E-state index contributed by atoms with van der Waals surface area (Å²) in [6.07, 6.45) is 3.66. The van der Waals surface area contributed by atoms with Crippen molar-refractivity contribution in [3.63, 3.8) is 0 Å². The number of fused-ring (bicyclic) bond motifs is 1. The zero-order valence-electron chi connectivity index (χ0n) is 21.3. The maximum absolute atomic E-state index is 14.3. The summed E-state index contributed by atoms with van der Waals surface area (Å²) in [5, 5.41) is 9.96. The third-order valence-electron chi connectivity index (χ3n) is 8.78. The smallest absolute Gasteiger partial charge is 0.324 e. The highest BCUT2D eigenvalue weighted by atomic mass is 19.1. The van der Waals surface area contributed by atoms with E-state index >= 15 is 0 Å². The maximum atomic E-state index is 14.3. The van der Waals surface area contributed by atoms with Gasteiger partial charge < -0.3 is 14.7 Å². The van der Waals surface area contributed by atoms with Gasteiger partial charge >= 0.3 is 12.0 Å². The van der Waals surface area contributed by atoms with Crippen LogP contribution in [0.15, 0.2) is 42.5 Å². The molecule has 0 radical (unpaired) electrons. The number of urea groups is 1. The summed E-state index contributed by atoms with van der Waals surface area (Å²) in [6.45, 7) is 2.69. The van der Waals surface area contributed by atoms with Gasteiger partial charge in [-0.3, -0.25) is 9.69 Å². The van der Waals surface area contributed by atoms with E-state index in [-0.39, 0.29) is 35.7 Å². The second-order valence-corrected chi connectivity index (χ2v) is 10.8. The topological polar surface area (TPSA) is 70.1 Å². The normalized spacial score (nSPS) is 29.6. The van der Waals surface area contributed by atoms with Gasteiger partial charge in [0.1, 0.15) is 11.6 Å². The number of hydrogen-bond donors (Lipinski definition) is 1. The fourth-order valence-corrected chi connectivity index (χ4v) is 6.76. The first kappa shape index (κ1) is 25.6. The number of likely N-dealkylation sites (tertiary alicyclic amines) is 1. The van der Waals surface area contributed by atoms with Crippen LogP contribution in [0, 0.1) is 17.6 Å². The van der Waals surface area contributed by atoms with Crippen molar-refractivity contribution in [2.75, 3.05) is 25.1 Å². The molecule has 1 saturated carbocycles. The van der Waals surface area contributed by atoms with E-state index in [0.717, 1.165) is 31.2 Å². The lowest BCUT2D eigenvalue weighted by atomic mass is 9.70. The van der Waals surface area contributed by atoms with Crippen LogP contribution in [0.1, 0.15) is 62.5 Å². The molecule has 0 bridgehead atoms. The van der Waals surface area contributed by atoms with E-state index in [1.54, 1.807) is 28.0 Å². The first-order chi connectivity index (χ1) is 17.7.